The Morgan fingerprint density at radius 1 is 1.12 bits per heavy atom. The van der Waals surface area contributed by atoms with Crippen molar-refractivity contribution in [3.05, 3.63) is 59.4 Å². The van der Waals surface area contributed by atoms with Crippen LogP contribution in [-0.2, 0) is 0 Å². The van der Waals surface area contributed by atoms with Gasteiger partial charge in [-0.2, -0.15) is 0 Å². The summed E-state index contributed by atoms with van der Waals surface area (Å²) in [4.78, 5) is 9.58. The first-order valence-electron chi connectivity index (χ1n) is 8.20. The van der Waals surface area contributed by atoms with E-state index in [4.69, 9.17) is 12.2 Å². The van der Waals surface area contributed by atoms with Crippen molar-refractivity contribution in [1.29, 1.82) is 0 Å². The van der Waals surface area contributed by atoms with E-state index in [1.54, 1.807) is 24.5 Å². The van der Waals surface area contributed by atoms with E-state index in [0.717, 1.165) is 28.9 Å². The van der Waals surface area contributed by atoms with Gasteiger partial charge in [-0.05, 0) is 69.1 Å². The third kappa shape index (κ3) is 3.41. The molecule has 1 atom stereocenters. The summed E-state index contributed by atoms with van der Waals surface area (Å²) in [6.07, 6.45) is 4.54. The van der Waals surface area contributed by atoms with Gasteiger partial charge in [0.25, 0.3) is 0 Å². The van der Waals surface area contributed by atoms with Crippen LogP contribution in [0.3, 0.4) is 0 Å². The minimum absolute atomic E-state index is 0.112. The van der Waals surface area contributed by atoms with Gasteiger partial charge in [0.05, 0.1) is 17.6 Å². The van der Waals surface area contributed by atoms with E-state index in [0.29, 0.717) is 4.77 Å². The first-order valence-corrected chi connectivity index (χ1v) is 8.61. The molecular formula is C19H21FN4S. The molecule has 3 aromatic rings. The molecule has 130 valence electrons. The third-order valence-electron chi connectivity index (χ3n) is 4.27. The molecule has 2 heterocycles. The third-order valence-corrected chi connectivity index (χ3v) is 4.57. The maximum atomic E-state index is 13.3. The number of hydrogen-bond donors (Lipinski definition) is 1. The van der Waals surface area contributed by atoms with Crippen molar-refractivity contribution >= 4 is 12.2 Å². The molecule has 0 bridgehead atoms. The summed E-state index contributed by atoms with van der Waals surface area (Å²) >= 11 is 5.64. The molecule has 25 heavy (non-hydrogen) atoms. The van der Waals surface area contributed by atoms with Gasteiger partial charge < -0.3 is 4.98 Å². The van der Waals surface area contributed by atoms with Gasteiger partial charge in [-0.15, -0.1) is 0 Å². The second kappa shape index (κ2) is 7.29. The lowest BCUT2D eigenvalue weighted by molar-refractivity contribution is 0.210. The highest BCUT2D eigenvalue weighted by molar-refractivity contribution is 7.71. The van der Waals surface area contributed by atoms with Crippen LogP contribution in [0, 0.1) is 10.6 Å². The fraction of sp³-hybridized carbons (Fsp3) is 0.263. The number of hydrogen-bond acceptors (Lipinski definition) is 3. The number of H-pyrrole nitrogens is 1. The quantitative estimate of drug-likeness (QED) is 0.662. The smallest absolute Gasteiger partial charge is 0.179 e. The zero-order valence-electron chi connectivity index (χ0n) is 14.5. The Morgan fingerprint density at radius 3 is 2.32 bits per heavy atom. The molecule has 4 nitrogen and oxygen atoms in total. The van der Waals surface area contributed by atoms with Crippen LogP contribution in [0.25, 0.3) is 22.5 Å². The van der Waals surface area contributed by atoms with E-state index in [-0.39, 0.29) is 12.0 Å². The molecule has 0 fully saturated rings. The highest BCUT2D eigenvalue weighted by Crippen LogP contribution is 2.35. The van der Waals surface area contributed by atoms with Crippen LogP contribution in [0.2, 0.25) is 0 Å². The highest BCUT2D eigenvalue weighted by Gasteiger charge is 2.22. The second-order valence-corrected chi connectivity index (χ2v) is 6.51. The van der Waals surface area contributed by atoms with Gasteiger partial charge in [0.2, 0.25) is 0 Å². The molecule has 0 spiro atoms. The van der Waals surface area contributed by atoms with Crippen molar-refractivity contribution in [3.8, 4) is 22.5 Å². The SMILES string of the molecule is CCC(N(C)C)n1c(-c2ccncc2)c(-c2ccc(F)cc2)[nH]c1=S. The van der Waals surface area contributed by atoms with Crippen LogP contribution in [0.5, 0.6) is 0 Å². The zero-order chi connectivity index (χ0) is 18.0. The molecule has 0 radical (unpaired) electrons. The van der Waals surface area contributed by atoms with Crippen molar-refractivity contribution in [2.45, 2.75) is 19.5 Å². The van der Waals surface area contributed by atoms with E-state index in [2.05, 4.69) is 26.4 Å². The second-order valence-electron chi connectivity index (χ2n) is 6.12. The highest BCUT2D eigenvalue weighted by atomic mass is 32.1. The Bertz CT molecular complexity index is 897. The zero-order valence-corrected chi connectivity index (χ0v) is 15.3. The van der Waals surface area contributed by atoms with E-state index in [9.17, 15) is 4.39 Å². The van der Waals surface area contributed by atoms with Crippen LogP contribution < -0.4 is 0 Å². The Labute approximate surface area is 152 Å². The van der Waals surface area contributed by atoms with Gasteiger partial charge >= 0.3 is 0 Å². The Kier molecular flexibility index (Phi) is 5.11. The first-order chi connectivity index (χ1) is 12.0. The molecule has 0 saturated heterocycles. The molecule has 1 N–H and O–H groups in total. The fourth-order valence-electron chi connectivity index (χ4n) is 3.13. The lowest BCUT2D eigenvalue weighted by Crippen LogP contribution is -2.25. The summed E-state index contributed by atoms with van der Waals surface area (Å²) in [5.74, 6) is -0.257. The number of imidazole rings is 1. The van der Waals surface area contributed by atoms with Gasteiger partial charge in [-0.1, -0.05) is 6.92 Å². The maximum absolute atomic E-state index is 13.3. The van der Waals surface area contributed by atoms with Crippen LogP contribution in [-0.4, -0.2) is 33.5 Å². The largest absolute Gasteiger partial charge is 0.330 e. The van der Waals surface area contributed by atoms with Gasteiger partial charge in [0, 0.05) is 23.5 Å². The van der Waals surface area contributed by atoms with E-state index in [1.807, 2.05) is 26.2 Å². The molecule has 0 aliphatic carbocycles. The Balaban J connectivity index is 2.30. The van der Waals surface area contributed by atoms with Gasteiger partial charge in [0.1, 0.15) is 5.82 Å². The van der Waals surface area contributed by atoms with Crippen LogP contribution in [0.15, 0.2) is 48.8 Å². The van der Waals surface area contributed by atoms with Crippen molar-refractivity contribution in [1.82, 2.24) is 19.4 Å². The molecule has 3 rings (SSSR count). The summed E-state index contributed by atoms with van der Waals surface area (Å²) in [7, 11) is 4.08. The first kappa shape index (κ1) is 17.5. The molecule has 1 aromatic carbocycles. The van der Waals surface area contributed by atoms with Crippen molar-refractivity contribution < 1.29 is 4.39 Å². The van der Waals surface area contributed by atoms with Crippen LogP contribution in [0.1, 0.15) is 19.5 Å². The Morgan fingerprint density at radius 2 is 1.76 bits per heavy atom. The number of halogens is 1. The summed E-state index contributed by atoms with van der Waals surface area (Å²) < 4.78 is 16.1. The molecule has 1 unspecified atom stereocenters. The van der Waals surface area contributed by atoms with E-state index >= 15 is 0 Å². The van der Waals surface area contributed by atoms with Gasteiger partial charge in [-0.25, -0.2) is 4.39 Å². The molecular weight excluding hydrogens is 335 g/mol. The molecule has 0 amide bonds. The number of rotatable bonds is 5. The molecule has 0 aliphatic heterocycles. The van der Waals surface area contributed by atoms with E-state index in [1.165, 1.54) is 12.1 Å². The normalized spacial score (nSPS) is 12.5. The lowest BCUT2D eigenvalue weighted by Gasteiger charge is -2.26. The number of nitrogens with one attached hydrogen (secondary N) is 1. The summed E-state index contributed by atoms with van der Waals surface area (Å²) in [5, 5.41) is 0. The van der Waals surface area contributed by atoms with Crippen molar-refractivity contribution in [3.63, 3.8) is 0 Å². The Hall–Kier alpha value is -2.31. The summed E-state index contributed by atoms with van der Waals surface area (Å²) in [5.41, 5.74) is 3.78. The van der Waals surface area contributed by atoms with Gasteiger partial charge in [-0.3, -0.25) is 14.5 Å². The maximum Gasteiger partial charge on any atom is 0.179 e. The predicted octanol–water partition coefficient (Wildman–Crippen LogP) is 4.88. The number of pyridine rings is 1. The number of aromatic amines is 1. The van der Waals surface area contributed by atoms with Crippen molar-refractivity contribution in [2.75, 3.05) is 14.1 Å². The average molecular weight is 356 g/mol. The summed E-state index contributed by atoms with van der Waals surface area (Å²) in [6.45, 7) is 2.13. The number of aromatic nitrogens is 3. The standard InChI is InChI=1S/C19H21FN4S/c1-4-16(23(2)3)24-18(14-9-11-21-12-10-14)17(22-19(24)25)13-5-7-15(20)8-6-13/h5-12,16H,4H2,1-3H3,(H,22,25). The minimum Gasteiger partial charge on any atom is -0.330 e. The molecule has 0 saturated carbocycles. The lowest BCUT2D eigenvalue weighted by atomic mass is 10.1. The van der Waals surface area contributed by atoms with E-state index < -0.39 is 0 Å². The number of benzene rings is 1. The van der Waals surface area contributed by atoms with Crippen LogP contribution in [0.4, 0.5) is 4.39 Å². The fourth-order valence-corrected chi connectivity index (χ4v) is 3.45. The minimum atomic E-state index is -0.257. The molecule has 2 aromatic heterocycles. The molecule has 6 heteroatoms. The number of nitrogens with zero attached hydrogens (tertiary/aromatic N) is 3. The summed E-state index contributed by atoms with van der Waals surface area (Å²) in [6, 6.07) is 10.4. The average Bonchev–Trinajstić information content (AvgIpc) is 2.94. The topological polar surface area (TPSA) is 36.9 Å². The van der Waals surface area contributed by atoms with Gasteiger partial charge in [0.15, 0.2) is 4.77 Å². The molecule has 0 aliphatic rings. The predicted molar refractivity (Wildman–Crippen MR) is 101 cm³/mol. The monoisotopic (exact) mass is 356 g/mol. The van der Waals surface area contributed by atoms with Crippen LogP contribution >= 0.6 is 12.2 Å². The van der Waals surface area contributed by atoms with Crippen molar-refractivity contribution in [2.24, 2.45) is 0 Å².